The van der Waals surface area contributed by atoms with Crippen LogP contribution in [-0.4, -0.2) is 45.9 Å². The molecule has 4 aromatic rings. The van der Waals surface area contributed by atoms with Crippen LogP contribution in [0.1, 0.15) is 54.5 Å². The maximum Gasteiger partial charge on any atom is 0.310 e. The number of rotatable bonds is 9. The number of nitrogens with zero attached hydrogens (tertiary/aromatic N) is 3. The van der Waals surface area contributed by atoms with Gasteiger partial charge in [0.2, 0.25) is 5.91 Å². The molecule has 1 aliphatic rings. The summed E-state index contributed by atoms with van der Waals surface area (Å²) >= 11 is 0. The average Bonchev–Trinajstić information content (AvgIpc) is 3.40. The summed E-state index contributed by atoms with van der Waals surface area (Å²) in [5.74, 6) is 0.0375. The van der Waals surface area contributed by atoms with Crippen molar-refractivity contribution in [3.05, 3.63) is 102 Å². The van der Waals surface area contributed by atoms with Gasteiger partial charge < -0.3 is 18.8 Å². The Bertz CT molecular complexity index is 1430. The molecule has 5 rings (SSSR count). The largest absolute Gasteiger partial charge is 0.485 e. The number of piperidine rings is 1. The van der Waals surface area contributed by atoms with Crippen LogP contribution in [0.2, 0.25) is 0 Å². The molecule has 2 atom stereocenters. The van der Waals surface area contributed by atoms with Crippen LogP contribution < -0.4 is 4.74 Å². The van der Waals surface area contributed by atoms with E-state index in [1.165, 1.54) is 0 Å². The lowest BCUT2D eigenvalue weighted by molar-refractivity contribution is -0.151. The third kappa shape index (κ3) is 5.98. The summed E-state index contributed by atoms with van der Waals surface area (Å²) in [4.78, 5) is 32.6. The number of amides is 1. The average molecular weight is 526 g/mol. The first kappa shape index (κ1) is 26.5. The van der Waals surface area contributed by atoms with Crippen molar-refractivity contribution in [1.29, 1.82) is 0 Å². The first-order valence-electron chi connectivity index (χ1n) is 13.7. The molecular weight excluding hydrogens is 490 g/mol. The molecule has 0 bridgehead atoms. The quantitative estimate of drug-likeness (QED) is 0.268. The van der Waals surface area contributed by atoms with Crippen molar-refractivity contribution in [1.82, 2.24) is 14.3 Å². The molecule has 7 heteroatoms. The van der Waals surface area contributed by atoms with Gasteiger partial charge in [-0.3, -0.25) is 9.59 Å². The number of carbonyl (C=O) groups is 2. The van der Waals surface area contributed by atoms with Gasteiger partial charge in [-0.15, -0.1) is 0 Å². The molecule has 7 nitrogen and oxygen atoms in total. The second kappa shape index (κ2) is 12.2. The smallest absolute Gasteiger partial charge is 0.310 e. The predicted octanol–water partition coefficient (Wildman–Crippen LogP) is 5.55. The van der Waals surface area contributed by atoms with E-state index in [0.717, 1.165) is 40.9 Å². The van der Waals surface area contributed by atoms with Gasteiger partial charge in [0.25, 0.3) is 0 Å². The molecule has 0 saturated carbocycles. The van der Waals surface area contributed by atoms with Gasteiger partial charge in [-0.25, -0.2) is 4.98 Å². The number of fused-ring (bicyclic) bond motifs is 1. The maximum absolute atomic E-state index is 13.7. The van der Waals surface area contributed by atoms with Crippen LogP contribution in [0.25, 0.3) is 5.65 Å². The highest BCUT2D eigenvalue weighted by atomic mass is 16.5. The molecule has 202 valence electrons. The van der Waals surface area contributed by atoms with E-state index < -0.39 is 0 Å². The third-order valence-corrected chi connectivity index (χ3v) is 7.46. The summed E-state index contributed by atoms with van der Waals surface area (Å²) in [6.45, 7) is 5.73. The van der Waals surface area contributed by atoms with E-state index in [1.807, 2.05) is 83.2 Å². The van der Waals surface area contributed by atoms with Gasteiger partial charge in [0.05, 0.1) is 18.2 Å². The van der Waals surface area contributed by atoms with Gasteiger partial charge in [0.1, 0.15) is 6.61 Å². The van der Waals surface area contributed by atoms with Crippen molar-refractivity contribution in [3.63, 3.8) is 0 Å². The highest BCUT2D eigenvalue weighted by Gasteiger charge is 2.32. The van der Waals surface area contributed by atoms with E-state index in [0.29, 0.717) is 32.1 Å². The van der Waals surface area contributed by atoms with Crippen LogP contribution in [0.15, 0.2) is 79.1 Å². The molecule has 2 aromatic heterocycles. The summed E-state index contributed by atoms with van der Waals surface area (Å²) in [5.41, 5.74) is 4.93. The van der Waals surface area contributed by atoms with Gasteiger partial charge in [-0.05, 0) is 55.5 Å². The van der Waals surface area contributed by atoms with Gasteiger partial charge in [0, 0.05) is 37.8 Å². The molecule has 1 aliphatic heterocycles. The van der Waals surface area contributed by atoms with E-state index in [1.54, 1.807) is 0 Å². The minimum atomic E-state index is -0.264. The van der Waals surface area contributed by atoms with E-state index in [2.05, 4.69) is 19.1 Å². The number of pyridine rings is 1. The molecule has 3 heterocycles. The summed E-state index contributed by atoms with van der Waals surface area (Å²) < 4.78 is 13.4. The fourth-order valence-electron chi connectivity index (χ4n) is 5.42. The fraction of sp³-hybridized carbons (Fsp3) is 0.344. The number of aromatic nitrogens is 2. The monoisotopic (exact) mass is 525 g/mol. The number of likely N-dealkylation sites (tertiary alicyclic amines) is 1. The highest BCUT2D eigenvalue weighted by Crippen LogP contribution is 2.34. The standard InChI is InChI=1S/C32H35N3O4/c1-3-38-32(37)25-14-9-17-34(21-25)30(36)19-27(26-15-8-7-11-23(26)2)28-20-33-31-29(16-10-18-35(28)31)39-22-24-12-5-4-6-13-24/h4-8,10-13,15-16,18,20,25,27H,3,9,14,17,19,21-22H2,1-2H3. The van der Waals surface area contributed by atoms with Crippen LogP contribution in [-0.2, 0) is 20.9 Å². The number of ether oxygens (including phenoxy) is 2. The van der Waals surface area contributed by atoms with Crippen molar-refractivity contribution in [2.75, 3.05) is 19.7 Å². The van der Waals surface area contributed by atoms with Gasteiger partial charge >= 0.3 is 5.97 Å². The van der Waals surface area contributed by atoms with Crippen LogP contribution in [0.4, 0.5) is 0 Å². The molecule has 1 fully saturated rings. The molecule has 1 saturated heterocycles. The Morgan fingerprint density at radius 3 is 2.64 bits per heavy atom. The molecular formula is C32H35N3O4. The van der Waals surface area contributed by atoms with Gasteiger partial charge in [0.15, 0.2) is 11.4 Å². The van der Waals surface area contributed by atoms with E-state index in [9.17, 15) is 9.59 Å². The molecule has 39 heavy (non-hydrogen) atoms. The molecule has 0 spiro atoms. The normalized spacial score (nSPS) is 16.2. The summed E-state index contributed by atoms with van der Waals surface area (Å²) in [6.07, 6.45) is 5.65. The van der Waals surface area contributed by atoms with Crippen LogP contribution in [0, 0.1) is 12.8 Å². The van der Waals surface area contributed by atoms with E-state index in [4.69, 9.17) is 14.5 Å². The molecule has 2 unspecified atom stereocenters. The van der Waals surface area contributed by atoms with Crippen molar-refractivity contribution < 1.29 is 19.1 Å². The van der Waals surface area contributed by atoms with Gasteiger partial charge in [-0.1, -0.05) is 54.6 Å². The Morgan fingerprint density at radius 2 is 1.85 bits per heavy atom. The topological polar surface area (TPSA) is 73.1 Å². The summed E-state index contributed by atoms with van der Waals surface area (Å²) in [7, 11) is 0. The molecule has 0 N–H and O–H groups in total. The number of benzene rings is 2. The highest BCUT2D eigenvalue weighted by molar-refractivity contribution is 5.80. The zero-order valence-corrected chi connectivity index (χ0v) is 22.6. The number of carbonyl (C=O) groups excluding carboxylic acids is 2. The van der Waals surface area contributed by atoms with Crippen molar-refractivity contribution in [3.8, 4) is 5.75 Å². The lowest BCUT2D eigenvalue weighted by Crippen LogP contribution is -2.43. The number of imidazole rings is 1. The molecule has 2 aromatic carbocycles. The SMILES string of the molecule is CCOC(=O)C1CCCN(C(=O)CC(c2ccccc2C)c2cnc3c(OCc4ccccc4)cccn23)C1. The molecule has 0 aliphatic carbocycles. The first-order chi connectivity index (χ1) is 19.0. The minimum Gasteiger partial charge on any atom is -0.485 e. The Kier molecular flexibility index (Phi) is 8.25. The van der Waals surface area contributed by atoms with Crippen LogP contribution in [0.5, 0.6) is 5.75 Å². The Balaban J connectivity index is 1.43. The second-order valence-electron chi connectivity index (χ2n) is 10.1. The molecule has 0 radical (unpaired) electrons. The van der Waals surface area contributed by atoms with Crippen LogP contribution in [0.3, 0.4) is 0 Å². The molecule has 1 amide bonds. The predicted molar refractivity (Wildman–Crippen MR) is 150 cm³/mol. The van der Waals surface area contributed by atoms with Crippen molar-refractivity contribution in [2.45, 2.75) is 45.6 Å². The van der Waals surface area contributed by atoms with Crippen molar-refractivity contribution >= 4 is 17.5 Å². The zero-order valence-electron chi connectivity index (χ0n) is 22.6. The minimum absolute atomic E-state index is 0.0312. The fourth-order valence-corrected chi connectivity index (χ4v) is 5.42. The first-order valence-corrected chi connectivity index (χ1v) is 13.7. The zero-order chi connectivity index (χ0) is 27.2. The number of hydrogen-bond donors (Lipinski definition) is 0. The number of aryl methyl sites for hydroxylation is 1. The lowest BCUT2D eigenvalue weighted by atomic mass is 9.88. The van der Waals surface area contributed by atoms with Crippen molar-refractivity contribution in [2.24, 2.45) is 5.92 Å². The van der Waals surface area contributed by atoms with Crippen LogP contribution >= 0.6 is 0 Å². The summed E-state index contributed by atoms with van der Waals surface area (Å²) in [5, 5.41) is 0. The lowest BCUT2D eigenvalue weighted by Gasteiger charge is -2.32. The Hall–Kier alpha value is -4.13. The number of hydrogen-bond acceptors (Lipinski definition) is 5. The maximum atomic E-state index is 13.7. The Morgan fingerprint density at radius 1 is 1.05 bits per heavy atom. The number of esters is 1. The summed E-state index contributed by atoms with van der Waals surface area (Å²) in [6, 6.07) is 22.1. The Labute approximate surface area is 229 Å². The third-order valence-electron chi connectivity index (χ3n) is 7.46. The van der Waals surface area contributed by atoms with E-state index in [-0.39, 0.29) is 30.1 Å². The van der Waals surface area contributed by atoms with Gasteiger partial charge in [-0.2, -0.15) is 0 Å². The van der Waals surface area contributed by atoms with E-state index >= 15 is 0 Å². The second-order valence-corrected chi connectivity index (χ2v) is 10.1.